The Bertz CT molecular complexity index is 1660. The summed E-state index contributed by atoms with van der Waals surface area (Å²) in [7, 11) is 0. The minimum absolute atomic E-state index is 0.0143. The summed E-state index contributed by atoms with van der Waals surface area (Å²) in [4.78, 5) is 21.5. The molecule has 41 heavy (non-hydrogen) atoms. The fourth-order valence-electron chi connectivity index (χ4n) is 5.18. The molecule has 1 saturated carbocycles. The average molecular weight is 587 g/mol. The Morgan fingerprint density at radius 2 is 2.00 bits per heavy atom. The first kappa shape index (κ1) is 27.4. The van der Waals surface area contributed by atoms with Gasteiger partial charge >= 0.3 is 12.1 Å². The number of carboxylic acid groups (broad SMARTS) is 1. The van der Waals surface area contributed by atoms with Crippen LogP contribution >= 0.6 is 0 Å². The predicted octanol–water partition coefficient (Wildman–Crippen LogP) is 4.21. The van der Waals surface area contributed by atoms with Crippen LogP contribution in [-0.2, 0) is 28.9 Å². The van der Waals surface area contributed by atoms with E-state index >= 15 is 0 Å². The molecule has 2 aliphatic rings. The number of carbonyl (C=O) groups is 1. The highest BCUT2D eigenvalue weighted by Crippen LogP contribution is 2.46. The zero-order chi connectivity index (χ0) is 29.1. The maximum Gasteiger partial charge on any atom is 0.452 e. The number of aryl methyl sites for hydroxylation is 2. The Labute approximate surface area is 235 Å². The quantitative estimate of drug-likeness (QED) is 0.330. The van der Waals surface area contributed by atoms with Crippen molar-refractivity contribution in [3.63, 3.8) is 0 Å². The van der Waals surface area contributed by atoms with Crippen LogP contribution < -0.4 is 4.74 Å². The summed E-state index contributed by atoms with van der Waals surface area (Å²) in [5, 5.41) is 16.8. The summed E-state index contributed by atoms with van der Waals surface area (Å²) in [6.45, 7) is 4.07. The van der Waals surface area contributed by atoms with Gasteiger partial charge in [-0.1, -0.05) is 6.07 Å². The van der Waals surface area contributed by atoms with Gasteiger partial charge in [0.25, 0.3) is 5.88 Å². The van der Waals surface area contributed by atoms with Gasteiger partial charge in [-0.2, -0.15) is 13.2 Å². The van der Waals surface area contributed by atoms with Crippen molar-refractivity contribution in [1.82, 2.24) is 28.9 Å². The maximum atomic E-state index is 13.6. The second-order valence-electron chi connectivity index (χ2n) is 10.4. The highest BCUT2D eigenvalue weighted by Gasteiger charge is 2.53. The molecule has 1 aliphatic heterocycles. The standard InChI is InChI=1S/C27H25F3N6O4S/c1-15-5-6-19(18(12-22(37)38)17-7-11-36-23(16(17)2)33-34-25(36)27(28,29)30)32-20(15)13-35-14-26(8-9-26)40-24-21(41(35)39)4-3-10-31-24/h3-7,10-11,18H,8-9,12-14H2,1-2H3,(H,37,38). The number of hydrogen-bond donors (Lipinski definition) is 1. The lowest BCUT2D eigenvalue weighted by Gasteiger charge is -2.25. The van der Waals surface area contributed by atoms with Crippen molar-refractivity contribution in [3.8, 4) is 5.88 Å². The van der Waals surface area contributed by atoms with E-state index in [2.05, 4.69) is 15.2 Å². The third-order valence-corrected chi connectivity index (χ3v) is 8.94. The fraction of sp³-hybridized carbons (Fsp3) is 0.370. The topological polar surface area (TPSA) is 129 Å². The lowest BCUT2D eigenvalue weighted by molar-refractivity contribution is -0.145. The number of rotatable bonds is 6. The number of hydrogen-bond acceptors (Lipinski definition) is 8. The number of alkyl halides is 3. The highest BCUT2D eigenvalue weighted by atomic mass is 32.2. The van der Waals surface area contributed by atoms with Gasteiger partial charge in [0.15, 0.2) is 5.65 Å². The lowest BCUT2D eigenvalue weighted by Crippen LogP contribution is -2.38. The molecule has 1 spiro atoms. The summed E-state index contributed by atoms with van der Waals surface area (Å²) >= 11 is -1.57. The van der Waals surface area contributed by atoms with Crippen molar-refractivity contribution in [3.05, 3.63) is 76.6 Å². The molecule has 214 valence electrons. The van der Waals surface area contributed by atoms with Crippen molar-refractivity contribution in [2.45, 2.75) is 62.2 Å². The molecule has 0 amide bonds. The second kappa shape index (κ2) is 9.96. The summed E-state index contributed by atoms with van der Waals surface area (Å²) < 4.78 is 62.6. The molecule has 1 fully saturated rings. The molecular formula is C27H25F3N6O4S. The molecule has 14 heteroatoms. The molecule has 0 radical (unpaired) electrons. The molecule has 4 aromatic rings. The van der Waals surface area contributed by atoms with Gasteiger partial charge in [-0.15, -0.1) is 14.5 Å². The van der Waals surface area contributed by atoms with Crippen LogP contribution in [0.5, 0.6) is 5.88 Å². The SMILES string of the molecule is Cc1ccc(C(CC(=O)O)c2ccn3c(C(F)(F)F)nnc3c2C)nc1CN1CC2(CC2)Oc2ncccc2[S+]1[O-]. The van der Waals surface area contributed by atoms with Crippen LogP contribution in [-0.4, -0.2) is 56.6 Å². The van der Waals surface area contributed by atoms with E-state index in [1.807, 2.05) is 13.0 Å². The fourth-order valence-corrected chi connectivity index (χ4v) is 6.49. The number of pyridine rings is 3. The summed E-state index contributed by atoms with van der Waals surface area (Å²) in [5.41, 5.74) is 2.22. The smallest absolute Gasteiger partial charge is 0.452 e. The Balaban J connectivity index is 1.37. The highest BCUT2D eigenvalue weighted by molar-refractivity contribution is 7.89. The molecule has 0 bridgehead atoms. The van der Waals surface area contributed by atoms with Crippen LogP contribution in [0, 0.1) is 13.8 Å². The first-order valence-electron chi connectivity index (χ1n) is 12.9. The van der Waals surface area contributed by atoms with Gasteiger partial charge in [0.1, 0.15) is 5.60 Å². The summed E-state index contributed by atoms with van der Waals surface area (Å²) in [6.07, 6.45) is -0.629. The van der Waals surface area contributed by atoms with Gasteiger partial charge in [-0.25, -0.2) is 4.98 Å². The molecule has 6 rings (SSSR count). The predicted molar refractivity (Wildman–Crippen MR) is 139 cm³/mol. The van der Waals surface area contributed by atoms with Crippen LogP contribution in [0.1, 0.15) is 59.1 Å². The van der Waals surface area contributed by atoms with E-state index in [9.17, 15) is 27.6 Å². The third kappa shape index (κ3) is 5.11. The Morgan fingerprint density at radius 1 is 1.22 bits per heavy atom. The van der Waals surface area contributed by atoms with Crippen molar-refractivity contribution < 1.29 is 32.4 Å². The number of halogens is 3. The van der Waals surface area contributed by atoms with Crippen molar-refractivity contribution >= 4 is 23.0 Å². The largest absolute Gasteiger partial charge is 0.593 e. The van der Waals surface area contributed by atoms with E-state index in [1.54, 1.807) is 35.6 Å². The zero-order valence-corrected chi connectivity index (χ0v) is 22.9. The number of fused-ring (bicyclic) bond motifs is 2. The van der Waals surface area contributed by atoms with Crippen LogP contribution in [0.2, 0.25) is 0 Å². The summed E-state index contributed by atoms with van der Waals surface area (Å²) in [6, 6.07) is 8.41. The van der Waals surface area contributed by atoms with Gasteiger partial charge in [0, 0.05) is 30.1 Å². The molecule has 1 N–H and O–H groups in total. The van der Waals surface area contributed by atoms with E-state index in [1.165, 1.54) is 12.3 Å². The normalized spacial score (nSPS) is 19.0. The lowest BCUT2D eigenvalue weighted by atomic mass is 9.89. The van der Waals surface area contributed by atoms with Gasteiger partial charge in [0.2, 0.25) is 10.7 Å². The van der Waals surface area contributed by atoms with Gasteiger partial charge in [-0.3, -0.25) is 14.2 Å². The van der Waals surface area contributed by atoms with Crippen LogP contribution in [0.25, 0.3) is 5.65 Å². The minimum atomic E-state index is -4.70. The van der Waals surface area contributed by atoms with E-state index < -0.39 is 40.9 Å². The zero-order valence-electron chi connectivity index (χ0n) is 22.1. The van der Waals surface area contributed by atoms with E-state index in [-0.39, 0.29) is 18.6 Å². The number of carboxylic acids is 1. The Hall–Kier alpha value is -3.75. The molecule has 5 heterocycles. The average Bonchev–Trinajstić information content (AvgIpc) is 3.53. The number of aliphatic carboxylic acids is 1. The molecule has 0 saturated heterocycles. The van der Waals surface area contributed by atoms with Crippen LogP contribution in [0.15, 0.2) is 47.6 Å². The summed E-state index contributed by atoms with van der Waals surface area (Å²) in [5.74, 6) is -2.67. The van der Waals surface area contributed by atoms with E-state index in [0.717, 1.165) is 22.8 Å². The van der Waals surface area contributed by atoms with Crippen molar-refractivity contribution in [1.29, 1.82) is 0 Å². The molecule has 0 aromatic carbocycles. The minimum Gasteiger partial charge on any atom is -0.593 e. The molecule has 2 unspecified atom stereocenters. The third-order valence-electron chi connectivity index (χ3n) is 7.53. The first-order chi connectivity index (χ1) is 19.5. The molecule has 1 aliphatic carbocycles. The monoisotopic (exact) mass is 586 g/mol. The molecule has 4 aromatic heterocycles. The maximum absolute atomic E-state index is 13.6. The molecule has 10 nitrogen and oxygen atoms in total. The van der Waals surface area contributed by atoms with Gasteiger partial charge < -0.3 is 14.4 Å². The Kier molecular flexibility index (Phi) is 6.66. The van der Waals surface area contributed by atoms with Crippen LogP contribution in [0.3, 0.4) is 0 Å². The Morgan fingerprint density at radius 3 is 2.71 bits per heavy atom. The van der Waals surface area contributed by atoms with E-state index in [4.69, 9.17) is 9.72 Å². The first-order valence-corrected chi connectivity index (χ1v) is 14.0. The molecular weight excluding hydrogens is 561 g/mol. The van der Waals surface area contributed by atoms with Gasteiger partial charge in [0.05, 0.1) is 36.6 Å². The number of ether oxygens (including phenoxy) is 1. The molecule has 2 atom stereocenters. The number of aromatic nitrogens is 5. The van der Waals surface area contributed by atoms with Crippen molar-refractivity contribution in [2.24, 2.45) is 0 Å². The van der Waals surface area contributed by atoms with Crippen molar-refractivity contribution in [2.75, 3.05) is 6.54 Å². The number of nitrogens with zero attached hydrogens (tertiary/aromatic N) is 6. The van der Waals surface area contributed by atoms with Crippen LogP contribution in [0.4, 0.5) is 13.2 Å². The van der Waals surface area contributed by atoms with Gasteiger partial charge in [-0.05, 0) is 61.6 Å². The second-order valence-corrected chi connectivity index (χ2v) is 11.9. The van der Waals surface area contributed by atoms with E-state index in [0.29, 0.717) is 39.8 Å².